The molecule has 0 rings (SSSR count). The smallest absolute Gasteiger partial charge is 0.306 e. The van der Waals surface area contributed by atoms with Gasteiger partial charge in [0, 0.05) is 12.8 Å². The first-order valence-corrected chi connectivity index (χ1v) is 25.3. The molecule has 66 heavy (non-hydrogen) atoms. The second kappa shape index (κ2) is 54.3. The maximum Gasteiger partial charge on any atom is 0.306 e. The summed E-state index contributed by atoms with van der Waals surface area (Å²) in [6, 6.07) is 0. The molecule has 1 unspecified atom stereocenters. The number of hydrogen-bond acceptors (Lipinski definition) is 5. The van der Waals surface area contributed by atoms with Crippen LogP contribution >= 0.6 is 0 Å². The van der Waals surface area contributed by atoms with E-state index in [4.69, 9.17) is 9.47 Å². The number of esters is 2. The van der Waals surface area contributed by atoms with Crippen LogP contribution in [-0.2, 0) is 19.1 Å². The molecule has 0 saturated carbocycles. The van der Waals surface area contributed by atoms with Crippen LogP contribution in [0.1, 0.15) is 168 Å². The summed E-state index contributed by atoms with van der Waals surface area (Å²) in [5.41, 5.74) is 0. The van der Waals surface area contributed by atoms with Crippen LogP contribution < -0.4 is 0 Å². The Bertz CT molecular complexity index is 1580. The Labute approximate surface area is 404 Å². The van der Waals surface area contributed by atoms with Gasteiger partial charge in [0.15, 0.2) is 6.10 Å². The third-order valence-electron chi connectivity index (χ3n) is 9.69. The Kier molecular flexibility index (Phi) is 50.2. The van der Waals surface area contributed by atoms with E-state index in [0.717, 1.165) is 135 Å². The summed E-state index contributed by atoms with van der Waals surface area (Å²) in [5.74, 6) is -0.701. The zero-order chi connectivity index (χ0) is 47.7. The van der Waals surface area contributed by atoms with Gasteiger partial charge >= 0.3 is 11.9 Å². The lowest BCUT2D eigenvalue weighted by Gasteiger charge is -2.15. The molecular weight excluding hydrogens is 813 g/mol. The minimum absolute atomic E-state index is 0.116. The highest BCUT2D eigenvalue weighted by Gasteiger charge is 2.16. The second-order valence-electron chi connectivity index (χ2n) is 15.8. The van der Waals surface area contributed by atoms with Gasteiger partial charge in [0.05, 0.1) is 6.61 Å². The van der Waals surface area contributed by atoms with Crippen molar-refractivity contribution in [3.8, 4) is 0 Å². The second-order valence-corrected chi connectivity index (χ2v) is 15.8. The third-order valence-corrected chi connectivity index (χ3v) is 9.69. The van der Waals surface area contributed by atoms with Crippen LogP contribution in [0.2, 0.25) is 0 Å². The summed E-state index contributed by atoms with van der Waals surface area (Å²) >= 11 is 0. The fraction of sp³-hybridized carbons (Fsp3) is 0.475. The minimum Gasteiger partial charge on any atom is -0.462 e. The molecule has 0 radical (unpaired) electrons. The Morgan fingerprint density at radius 1 is 0.348 bits per heavy atom. The molecule has 0 fully saturated rings. The van der Waals surface area contributed by atoms with E-state index in [1.807, 2.05) is 0 Å². The number of unbranched alkanes of at least 4 members (excludes halogenated alkanes) is 5. The van der Waals surface area contributed by atoms with Crippen molar-refractivity contribution in [2.24, 2.45) is 0 Å². The molecule has 0 aromatic heterocycles. The van der Waals surface area contributed by atoms with Gasteiger partial charge in [0.2, 0.25) is 0 Å². The molecule has 5 heteroatoms. The Hall–Kier alpha value is -5.00. The molecule has 0 heterocycles. The van der Waals surface area contributed by atoms with E-state index in [9.17, 15) is 14.7 Å². The maximum atomic E-state index is 12.3. The zero-order valence-corrected chi connectivity index (χ0v) is 41.4. The van der Waals surface area contributed by atoms with E-state index < -0.39 is 6.10 Å². The first kappa shape index (κ1) is 61.0. The normalized spacial score (nSPS) is 13.8. The van der Waals surface area contributed by atoms with Crippen molar-refractivity contribution in [2.45, 2.75) is 174 Å². The van der Waals surface area contributed by atoms with Crippen molar-refractivity contribution in [1.82, 2.24) is 0 Å². The molecule has 0 aliphatic heterocycles. The molecule has 0 aliphatic rings. The average molecular weight is 903 g/mol. The van der Waals surface area contributed by atoms with Gasteiger partial charge in [-0.1, -0.05) is 203 Å². The van der Waals surface area contributed by atoms with Crippen molar-refractivity contribution >= 4 is 11.9 Å². The molecule has 1 N–H and O–H groups in total. The van der Waals surface area contributed by atoms with Gasteiger partial charge in [-0.05, 0) is 135 Å². The zero-order valence-electron chi connectivity index (χ0n) is 41.4. The van der Waals surface area contributed by atoms with Crippen LogP contribution in [0.4, 0.5) is 0 Å². The van der Waals surface area contributed by atoms with Gasteiger partial charge in [0.25, 0.3) is 0 Å². The predicted molar refractivity (Wildman–Crippen MR) is 287 cm³/mol. The number of aliphatic hydroxyl groups excluding tert-OH is 1. The van der Waals surface area contributed by atoms with Crippen molar-refractivity contribution in [2.75, 3.05) is 13.2 Å². The molecule has 0 aromatic carbocycles. The summed E-state index contributed by atoms with van der Waals surface area (Å²) in [5, 5.41) is 9.62. The summed E-state index contributed by atoms with van der Waals surface area (Å²) in [4.78, 5) is 24.4. The molecule has 0 aromatic rings. The Morgan fingerprint density at radius 3 is 0.909 bits per heavy atom. The lowest BCUT2D eigenvalue weighted by atomic mass is 10.1. The van der Waals surface area contributed by atoms with Crippen LogP contribution in [0, 0.1) is 0 Å². The lowest BCUT2D eigenvalue weighted by molar-refractivity contribution is -0.161. The van der Waals surface area contributed by atoms with E-state index in [2.05, 4.69) is 196 Å². The van der Waals surface area contributed by atoms with Crippen molar-refractivity contribution in [1.29, 1.82) is 0 Å². The summed E-state index contributed by atoms with van der Waals surface area (Å²) < 4.78 is 10.6. The van der Waals surface area contributed by atoms with E-state index in [1.165, 1.54) is 0 Å². The molecule has 5 nitrogen and oxygen atoms in total. The van der Waals surface area contributed by atoms with Crippen molar-refractivity contribution in [3.05, 3.63) is 182 Å². The molecule has 0 spiro atoms. The average Bonchev–Trinajstić information content (AvgIpc) is 3.32. The topological polar surface area (TPSA) is 72.8 Å². The van der Waals surface area contributed by atoms with Crippen LogP contribution in [0.25, 0.3) is 0 Å². The van der Waals surface area contributed by atoms with Gasteiger partial charge in [0.1, 0.15) is 6.61 Å². The summed E-state index contributed by atoms with van der Waals surface area (Å²) in [6.07, 6.45) is 86.9. The Morgan fingerprint density at radius 2 is 0.606 bits per heavy atom. The fourth-order valence-corrected chi connectivity index (χ4v) is 5.96. The van der Waals surface area contributed by atoms with E-state index >= 15 is 0 Å². The maximum absolute atomic E-state index is 12.3. The van der Waals surface area contributed by atoms with Gasteiger partial charge in [-0.25, -0.2) is 0 Å². The standard InChI is InChI=1S/C61H90O5/c1-3-5-7-9-11-13-15-17-19-21-23-25-27-29-30-32-34-36-38-40-42-44-46-48-50-52-54-56-61(64)66-59(57-62)58-65-60(63)55-53-51-49-47-45-43-41-39-37-35-33-31-28-26-24-22-20-18-16-14-12-10-8-6-4-2/h5-8,11-14,17-20,23-26,29-31,33-34,36-37,39-40,42-43,45-46,48,59,62H,3-4,9-10,15-16,21-22,27-28,32,35,38,41,44,47,49-58H2,1-2H3/b7-5-,8-6-,13-11-,14-12-,19-17-,20-18-,25-23-,26-24-,30-29-,33-31-,36-34-,39-37-,42-40-,45-43-,48-46-. The monoisotopic (exact) mass is 903 g/mol. The SMILES string of the molecule is CC/C=C\C/C=C\C/C=C\C/C=C\C/C=C\C/C=C\C/C=C\C/C=C\CCCCC(=O)OC(CO)COC(=O)CCCCC/C=C\C/C=C\C/C=C\C/C=C\C/C=C\C/C=C\C/C=C\CC. The first-order chi connectivity index (χ1) is 32.6. The predicted octanol–water partition coefficient (Wildman–Crippen LogP) is 17.2. The van der Waals surface area contributed by atoms with E-state index in [1.54, 1.807) is 0 Å². The van der Waals surface area contributed by atoms with Crippen LogP contribution in [0.3, 0.4) is 0 Å². The van der Waals surface area contributed by atoms with Gasteiger partial charge in [-0.3, -0.25) is 9.59 Å². The molecule has 0 saturated heterocycles. The molecule has 0 bridgehead atoms. The summed E-state index contributed by atoms with van der Waals surface area (Å²) in [6.45, 7) is 3.82. The molecule has 0 amide bonds. The van der Waals surface area contributed by atoms with Gasteiger partial charge in [-0.2, -0.15) is 0 Å². The summed E-state index contributed by atoms with van der Waals surface area (Å²) in [7, 11) is 0. The molecule has 364 valence electrons. The number of carbonyl (C=O) groups is 2. The Balaban J connectivity index is 3.77. The van der Waals surface area contributed by atoms with Crippen LogP contribution in [-0.4, -0.2) is 36.4 Å². The van der Waals surface area contributed by atoms with Gasteiger partial charge in [-0.15, -0.1) is 0 Å². The number of aliphatic hydroxyl groups is 1. The van der Waals surface area contributed by atoms with E-state index in [0.29, 0.717) is 12.8 Å². The minimum atomic E-state index is -0.827. The molecule has 0 aliphatic carbocycles. The van der Waals surface area contributed by atoms with E-state index in [-0.39, 0.29) is 31.6 Å². The molecule has 1 atom stereocenters. The van der Waals surface area contributed by atoms with Crippen molar-refractivity contribution in [3.63, 3.8) is 0 Å². The van der Waals surface area contributed by atoms with Crippen molar-refractivity contribution < 1.29 is 24.2 Å². The first-order valence-electron chi connectivity index (χ1n) is 25.3. The number of allylic oxidation sites excluding steroid dienone is 30. The van der Waals surface area contributed by atoms with Gasteiger partial charge < -0.3 is 14.6 Å². The fourth-order valence-electron chi connectivity index (χ4n) is 5.96. The highest BCUT2D eigenvalue weighted by atomic mass is 16.6. The lowest BCUT2D eigenvalue weighted by Crippen LogP contribution is -2.28. The van der Waals surface area contributed by atoms with Crippen LogP contribution in [0.15, 0.2) is 182 Å². The molecular formula is C61H90O5. The highest BCUT2D eigenvalue weighted by Crippen LogP contribution is 2.09. The largest absolute Gasteiger partial charge is 0.462 e. The van der Waals surface area contributed by atoms with Crippen LogP contribution in [0.5, 0.6) is 0 Å². The number of rotatable bonds is 43. The third kappa shape index (κ3) is 51.6. The number of hydrogen-bond donors (Lipinski definition) is 1. The number of ether oxygens (including phenoxy) is 2. The quantitative estimate of drug-likeness (QED) is 0.0375. The highest BCUT2D eigenvalue weighted by molar-refractivity contribution is 5.70. The number of carbonyl (C=O) groups excluding carboxylic acids is 2.